The zero-order valence-corrected chi connectivity index (χ0v) is 20.7. The molecule has 0 saturated carbocycles. The summed E-state index contributed by atoms with van der Waals surface area (Å²) in [5.74, 6) is -0.137. The lowest BCUT2D eigenvalue weighted by Crippen LogP contribution is -2.30. The van der Waals surface area contributed by atoms with Crippen molar-refractivity contribution in [2.45, 2.75) is 46.1 Å². The molecule has 0 unspecified atom stereocenters. The number of hydrogen-bond acceptors (Lipinski definition) is 5. The number of amidine groups is 1. The zero-order valence-electron chi connectivity index (χ0n) is 19.0. The molecule has 0 amide bonds. The van der Waals surface area contributed by atoms with Crippen molar-refractivity contribution in [3.05, 3.63) is 76.6 Å². The summed E-state index contributed by atoms with van der Waals surface area (Å²) in [5, 5.41) is 8.44. The molecule has 0 spiro atoms. The molecule has 32 heavy (non-hydrogen) atoms. The number of ketones is 1. The van der Waals surface area contributed by atoms with Crippen molar-refractivity contribution < 1.29 is 14.3 Å². The second kappa shape index (κ2) is 10.7. The van der Waals surface area contributed by atoms with Gasteiger partial charge in [-0.25, -0.2) is 9.78 Å². The minimum absolute atomic E-state index is 0. The maximum Gasteiger partial charge on any atom is 0.330 e. The Hall–Kier alpha value is -2.80. The number of nitrogens with zero attached hydrogens (tertiary/aromatic N) is 2. The highest BCUT2D eigenvalue weighted by atomic mass is 79.9. The van der Waals surface area contributed by atoms with Crippen molar-refractivity contribution in [2.75, 3.05) is 13.2 Å². The third-order valence-corrected chi connectivity index (χ3v) is 5.49. The van der Waals surface area contributed by atoms with Crippen molar-refractivity contribution in [2.24, 2.45) is 0 Å². The monoisotopic (exact) mass is 499 g/mol. The number of pyridine rings is 1. The third kappa shape index (κ3) is 5.71. The lowest BCUT2D eigenvalue weighted by atomic mass is 9.83. The number of hydrogen-bond donors (Lipinski definition) is 1. The average molecular weight is 500 g/mol. The van der Waals surface area contributed by atoms with E-state index in [2.05, 4.69) is 4.98 Å². The predicted octanol–water partition coefficient (Wildman–Crippen LogP) is 4.64. The molecule has 0 radical (unpaired) electrons. The van der Waals surface area contributed by atoms with Gasteiger partial charge in [-0.3, -0.25) is 10.2 Å². The summed E-state index contributed by atoms with van der Waals surface area (Å²) in [5.41, 5.74) is 3.66. The lowest BCUT2D eigenvalue weighted by molar-refractivity contribution is -0.137. The molecule has 1 aromatic carbocycles. The van der Waals surface area contributed by atoms with E-state index in [0.29, 0.717) is 30.2 Å². The van der Waals surface area contributed by atoms with Crippen molar-refractivity contribution in [3.8, 4) is 0 Å². The Morgan fingerprint density at radius 2 is 1.97 bits per heavy atom. The number of nitrogens with one attached hydrogen (secondary N) is 1. The quantitative estimate of drug-likeness (QED) is 0.324. The first-order chi connectivity index (χ1) is 14.7. The van der Waals surface area contributed by atoms with Gasteiger partial charge in [-0.15, -0.1) is 17.0 Å². The number of ether oxygens (including phenoxy) is 1. The van der Waals surface area contributed by atoms with Gasteiger partial charge in [-0.1, -0.05) is 51.1 Å². The Morgan fingerprint density at radius 3 is 2.66 bits per heavy atom. The number of benzene rings is 1. The summed E-state index contributed by atoms with van der Waals surface area (Å²) in [6.45, 7) is 8.74. The van der Waals surface area contributed by atoms with Gasteiger partial charge in [-0.05, 0) is 31.0 Å². The molecule has 7 heteroatoms. The standard InChI is InChI=1S/C25H29N3O3.BrH/c1-5-20-11-10-18-15-28(24(26)23(18)27-20)16-21(29)17-8-7-9-19(14-17)25(3,4)13-12-22(30)31-6-2;/h7-14,26H,5-6,15-16H2,1-4H3;1H. The number of halogens is 1. The number of esters is 1. The Bertz CT molecular complexity index is 1050. The van der Waals surface area contributed by atoms with Crippen LogP contribution in [0.3, 0.4) is 0 Å². The van der Waals surface area contributed by atoms with Gasteiger partial charge in [0.05, 0.1) is 13.2 Å². The first-order valence-electron chi connectivity index (χ1n) is 10.6. The van der Waals surface area contributed by atoms with Crippen LogP contribution in [-0.2, 0) is 27.9 Å². The fourth-order valence-electron chi connectivity index (χ4n) is 3.55. The molecule has 0 saturated heterocycles. The predicted molar refractivity (Wildman–Crippen MR) is 131 cm³/mol. The molecule has 0 aliphatic carbocycles. The summed E-state index contributed by atoms with van der Waals surface area (Å²) in [7, 11) is 0. The summed E-state index contributed by atoms with van der Waals surface area (Å²) in [6, 6.07) is 11.4. The van der Waals surface area contributed by atoms with E-state index in [1.165, 1.54) is 6.08 Å². The summed E-state index contributed by atoms with van der Waals surface area (Å²) < 4.78 is 4.95. The number of rotatable bonds is 8. The van der Waals surface area contributed by atoms with Crippen LogP contribution in [0.2, 0.25) is 0 Å². The molecule has 1 aliphatic heterocycles. The largest absolute Gasteiger partial charge is 0.463 e. The molecule has 1 aliphatic rings. The number of aryl methyl sites for hydroxylation is 1. The van der Waals surface area contributed by atoms with Gasteiger partial charge in [0.25, 0.3) is 0 Å². The first-order valence-corrected chi connectivity index (χ1v) is 10.6. The highest BCUT2D eigenvalue weighted by Crippen LogP contribution is 2.27. The molecule has 6 nitrogen and oxygen atoms in total. The molecule has 2 heterocycles. The minimum atomic E-state index is -0.444. The normalized spacial score (nSPS) is 13.1. The summed E-state index contributed by atoms with van der Waals surface area (Å²) >= 11 is 0. The highest BCUT2D eigenvalue weighted by molar-refractivity contribution is 8.93. The first kappa shape index (κ1) is 25.5. The maximum absolute atomic E-state index is 13.0. The Kier molecular flexibility index (Phi) is 8.50. The fourth-order valence-corrected chi connectivity index (χ4v) is 3.55. The Morgan fingerprint density at radius 1 is 1.22 bits per heavy atom. The molecular weight excluding hydrogens is 470 g/mol. The van der Waals surface area contributed by atoms with Gasteiger partial charge in [0.1, 0.15) is 11.5 Å². The van der Waals surface area contributed by atoms with Crippen LogP contribution in [0.15, 0.2) is 48.6 Å². The fraction of sp³-hybridized carbons (Fsp3) is 0.360. The number of carbonyl (C=O) groups is 2. The van der Waals surface area contributed by atoms with E-state index in [1.807, 2.05) is 51.1 Å². The van der Waals surface area contributed by atoms with Gasteiger partial charge < -0.3 is 9.64 Å². The van der Waals surface area contributed by atoms with E-state index in [9.17, 15) is 9.59 Å². The third-order valence-electron chi connectivity index (χ3n) is 5.49. The van der Waals surface area contributed by atoms with Crippen molar-refractivity contribution >= 4 is 34.6 Å². The van der Waals surface area contributed by atoms with Gasteiger partial charge in [0, 0.05) is 34.9 Å². The molecule has 3 rings (SSSR count). The molecule has 2 aromatic rings. The molecular formula is C25H30BrN3O3. The number of Topliss-reactive ketones (excluding diaryl/α,β-unsaturated/α-hetero) is 1. The second-order valence-corrected chi connectivity index (χ2v) is 8.18. The lowest BCUT2D eigenvalue weighted by Gasteiger charge is -2.22. The van der Waals surface area contributed by atoms with Gasteiger partial charge >= 0.3 is 5.97 Å². The second-order valence-electron chi connectivity index (χ2n) is 8.18. The molecule has 0 fully saturated rings. The Balaban J connectivity index is 0.00000363. The van der Waals surface area contributed by atoms with Crippen LogP contribution in [0.25, 0.3) is 0 Å². The summed E-state index contributed by atoms with van der Waals surface area (Å²) in [6.07, 6.45) is 4.03. The van der Waals surface area contributed by atoms with E-state index >= 15 is 0 Å². The van der Waals surface area contributed by atoms with Crippen molar-refractivity contribution in [1.82, 2.24) is 9.88 Å². The van der Waals surface area contributed by atoms with Crippen LogP contribution in [0.5, 0.6) is 0 Å². The zero-order chi connectivity index (χ0) is 22.6. The Labute approximate surface area is 200 Å². The van der Waals surface area contributed by atoms with Crippen LogP contribution in [0, 0.1) is 5.41 Å². The van der Waals surface area contributed by atoms with Gasteiger partial charge in [0.2, 0.25) is 0 Å². The molecule has 0 atom stereocenters. The topological polar surface area (TPSA) is 83.4 Å². The molecule has 1 N–H and O–H groups in total. The van der Waals surface area contributed by atoms with Crippen molar-refractivity contribution in [1.29, 1.82) is 5.41 Å². The molecule has 1 aromatic heterocycles. The van der Waals surface area contributed by atoms with Crippen LogP contribution in [-0.4, -0.2) is 40.6 Å². The van der Waals surface area contributed by atoms with E-state index in [4.69, 9.17) is 10.1 Å². The molecule has 170 valence electrons. The highest BCUT2D eigenvalue weighted by Gasteiger charge is 2.28. The minimum Gasteiger partial charge on any atom is -0.463 e. The van der Waals surface area contributed by atoms with Gasteiger partial charge in [0.15, 0.2) is 5.78 Å². The van der Waals surface area contributed by atoms with E-state index in [1.54, 1.807) is 24.0 Å². The average Bonchev–Trinajstić information content (AvgIpc) is 3.07. The maximum atomic E-state index is 13.0. The summed E-state index contributed by atoms with van der Waals surface area (Å²) in [4.78, 5) is 31.0. The van der Waals surface area contributed by atoms with Crippen LogP contribution < -0.4 is 0 Å². The molecule has 0 bridgehead atoms. The van der Waals surface area contributed by atoms with Crippen LogP contribution in [0.4, 0.5) is 0 Å². The number of aromatic nitrogens is 1. The number of allylic oxidation sites excluding steroid dienone is 1. The van der Waals surface area contributed by atoms with E-state index in [-0.39, 0.29) is 35.3 Å². The number of carbonyl (C=O) groups excluding carboxylic acids is 2. The van der Waals surface area contributed by atoms with Gasteiger partial charge in [-0.2, -0.15) is 0 Å². The SMILES string of the molecule is Br.CCOC(=O)C=CC(C)(C)c1cccc(C(=O)CN2Cc3ccc(CC)nc3C2=N)c1. The van der Waals surface area contributed by atoms with Crippen LogP contribution >= 0.6 is 17.0 Å². The van der Waals surface area contributed by atoms with Crippen molar-refractivity contribution in [3.63, 3.8) is 0 Å². The van der Waals surface area contributed by atoms with E-state index < -0.39 is 5.41 Å². The smallest absolute Gasteiger partial charge is 0.330 e. The number of fused-ring (bicyclic) bond motifs is 1. The van der Waals surface area contributed by atoms with E-state index in [0.717, 1.165) is 23.2 Å². The van der Waals surface area contributed by atoms with Crippen LogP contribution in [0.1, 0.15) is 60.6 Å².